The van der Waals surface area contributed by atoms with Crippen molar-refractivity contribution in [3.63, 3.8) is 0 Å². The molecule has 0 bridgehead atoms. The van der Waals surface area contributed by atoms with Crippen molar-refractivity contribution in [2.75, 3.05) is 4.90 Å². The van der Waals surface area contributed by atoms with E-state index in [4.69, 9.17) is 4.42 Å². The second-order valence-electron chi connectivity index (χ2n) is 12.5. The summed E-state index contributed by atoms with van der Waals surface area (Å²) in [7, 11) is 0. The van der Waals surface area contributed by atoms with E-state index in [1.807, 2.05) is 11.3 Å². The molecule has 0 unspecified atom stereocenters. The van der Waals surface area contributed by atoms with Crippen LogP contribution < -0.4 is 4.90 Å². The fourth-order valence-electron chi connectivity index (χ4n) is 7.28. The first-order valence-corrected chi connectivity index (χ1v) is 17.4. The molecule has 2 heterocycles. The van der Waals surface area contributed by atoms with Gasteiger partial charge in [-0.25, -0.2) is 0 Å². The third-order valence-corrected chi connectivity index (χ3v) is 10.8. The quantitative estimate of drug-likeness (QED) is 0.186. The van der Waals surface area contributed by atoms with E-state index in [0.29, 0.717) is 0 Å². The Kier molecular flexibility index (Phi) is 6.39. The molecule has 0 spiro atoms. The zero-order valence-electron chi connectivity index (χ0n) is 26.5. The number of rotatable bonds is 5. The fourth-order valence-corrected chi connectivity index (χ4v) is 8.49. The smallest absolute Gasteiger partial charge is 0.136 e. The van der Waals surface area contributed by atoms with Crippen LogP contribution in [0.1, 0.15) is 0 Å². The van der Waals surface area contributed by atoms with Crippen molar-refractivity contribution >= 4 is 81.3 Å². The van der Waals surface area contributed by atoms with Gasteiger partial charge in [-0.05, 0) is 76.0 Å². The summed E-state index contributed by atoms with van der Waals surface area (Å²) in [6, 6.07) is 63.2. The minimum Gasteiger partial charge on any atom is -0.456 e. The van der Waals surface area contributed by atoms with Crippen LogP contribution >= 0.6 is 11.3 Å². The van der Waals surface area contributed by atoms with Gasteiger partial charge in [0.15, 0.2) is 0 Å². The number of thiophene rings is 1. The lowest BCUT2D eigenvalue weighted by Gasteiger charge is -2.28. The van der Waals surface area contributed by atoms with Crippen LogP contribution in [0.5, 0.6) is 0 Å². The third-order valence-electron chi connectivity index (χ3n) is 9.64. The third kappa shape index (κ3) is 4.62. The Morgan fingerprint density at radius 2 is 1.02 bits per heavy atom. The van der Waals surface area contributed by atoms with E-state index in [9.17, 15) is 0 Å². The van der Waals surface area contributed by atoms with E-state index >= 15 is 0 Å². The highest BCUT2D eigenvalue weighted by atomic mass is 32.1. The Labute approximate surface area is 287 Å². The molecular weight excluding hydrogens is 615 g/mol. The van der Waals surface area contributed by atoms with Crippen molar-refractivity contribution in [2.45, 2.75) is 0 Å². The summed E-state index contributed by atoms with van der Waals surface area (Å²) in [5.74, 6) is 0. The van der Waals surface area contributed by atoms with E-state index < -0.39 is 0 Å². The normalized spacial score (nSPS) is 11.7. The molecule has 10 aromatic rings. The summed E-state index contributed by atoms with van der Waals surface area (Å²) in [6.45, 7) is 0. The Hall–Kier alpha value is -6.16. The lowest BCUT2D eigenvalue weighted by molar-refractivity contribution is 0.669. The summed E-state index contributed by atoms with van der Waals surface area (Å²) >= 11 is 1.86. The van der Waals surface area contributed by atoms with Gasteiger partial charge < -0.3 is 9.32 Å². The standard InChI is InChI=1S/C46H29NOS/c1-3-12-30(13-4-1)31-22-24-35(25-23-31)47(41-20-11-19-37-36-18-9-10-21-45(36)49-46(37)41)42-28-40-39-26-33-16-7-8-17-34(33)27-43(39)48-44(40)29-38(42)32-14-5-2-6-15-32/h1-29H. The Balaban J connectivity index is 1.29. The minimum absolute atomic E-state index is 0.882. The van der Waals surface area contributed by atoms with Crippen LogP contribution in [0, 0.1) is 0 Å². The van der Waals surface area contributed by atoms with Crippen molar-refractivity contribution < 1.29 is 4.42 Å². The average Bonchev–Trinajstić information content (AvgIpc) is 3.72. The van der Waals surface area contributed by atoms with Crippen molar-refractivity contribution in [1.29, 1.82) is 0 Å². The molecule has 2 nitrogen and oxygen atoms in total. The number of furan rings is 1. The minimum atomic E-state index is 0.882. The highest BCUT2D eigenvalue weighted by molar-refractivity contribution is 7.26. The fraction of sp³-hybridized carbons (Fsp3) is 0. The lowest BCUT2D eigenvalue weighted by Crippen LogP contribution is -2.11. The maximum Gasteiger partial charge on any atom is 0.136 e. The Morgan fingerprint density at radius 1 is 0.408 bits per heavy atom. The van der Waals surface area contributed by atoms with E-state index in [2.05, 4.69) is 181 Å². The molecule has 10 rings (SSSR count). The monoisotopic (exact) mass is 643 g/mol. The van der Waals surface area contributed by atoms with Crippen molar-refractivity contribution in [2.24, 2.45) is 0 Å². The first-order valence-electron chi connectivity index (χ1n) is 16.6. The molecule has 0 fully saturated rings. The van der Waals surface area contributed by atoms with E-state index in [1.165, 1.54) is 42.1 Å². The molecule has 8 aromatic carbocycles. The number of nitrogens with zero attached hydrogens (tertiary/aromatic N) is 1. The maximum atomic E-state index is 6.63. The van der Waals surface area contributed by atoms with Crippen LogP contribution in [-0.2, 0) is 0 Å². The number of fused-ring (bicyclic) bond motifs is 7. The van der Waals surface area contributed by atoms with Crippen LogP contribution in [0.3, 0.4) is 0 Å². The van der Waals surface area contributed by atoms with Gasteiger partial charge in [0.1, 0.15) is 11.2 Å². The largest absolute Gasteiger partial charge is 0.456 e. The SMILES string of the molecule is c1ccc(-c2ccc(N(c3cc4c(cc3-c3ccccc3)oc3cc5ccccc5cc34)c3cccc4c3sc3ccccc34)cc2)cc1. The highest BCUT2D eigenvalue weighted by Gasteiger charge is 2.23. The van der Waals surface area contributed by atoms with E-state index in [1.54, 1.807) is 0 Å². The topological polar surface area (TPSA) is 16.4 Å². The molecule has 0 radical (unpaired) electrons. The molecule has 230 valence electrons. The molecule has 0 aliphatic rings. The number of hydrogen-bond acceptors (Lipinski definition) is 3. The number of benzene rings is 8. The maximum absolute atomic E-state index is 6.63. The first kappa shape index (κ1) is 27.9. The lowest BCUT2D eigenvalue weighted by atomic mass is 9.98. The van der Waals surface area contributed by atoms with Gasteiger partial charge in [-0.15, -0.1) is 11.3 Å². The molecule has 3 heteroatoms. The van der Waals surface area contributed by atoms with Gasteiger partial charge >= 0.3 is 0 Å². The highest BCUT2D eigenvalue weighted by Crippen LogP contribution is 2.49. The average molecular weight is 644 g/mol. The summed E-state index contributed by atoms with van der Waals surface area (Å²) in [4.78, 5) is 2.45. The first-order chi connectivity index (χ1) is 24.3. The van der Waals surface area contributed by atoms with Crippen molar-refractivity contribution in [3.05, 3.63) is 176 Å². The predicted molar refractivity (Wildman–Crippen MR) is 210 cm³/mol. The summed E-state index contributed by atoms with van der Waals surface area (Å²) in [5.41, 5.74) is 9.78. The summed E-state index contributed by atoms with van der Waals surface area (Å²) in [6.07, 6.45) is 0. The zero-order chi connectivity index (χ0) is 32.3. The van der Waals surface area contributed by atoms with Crippen molar-refractivity contribution in [3.8, 4) is 22.3 Å². The van der Waals surface area contributed by atoms with Gasteiger partial charge in [0.25, 0.3) is 0 Å². The Morgan fingerprint density at radius 3 is 1.82 bits per heavy atom. The summed E-state index contributed by atoms with van der Waals surface area (Å²) in [5, 5.41) is 7.16. The van der Waals surface area contributed by atoms with Crippen molar-refractivity contribution in [1.82, 2.24) is 0 Å². The molecular formula is C46H29NOS. The molecule has 0 aliphatic carbocycles. The van der Waals surface area contributed by atoms with Gasteiger partial charge in [0, 0.05) is 37.5 Å². The zero-order valence-corrected chi connectivity index (χ0v) is 27.3. The summed E-state index contributed by atoms with van der Waals surface area (Å²) < 4.78 is 9.18. The Bertz CT molecular complexity index is 2810. The van der Waals surface area contributed by atoms with E-state index in [0.717, 1.165) is 50.1 Å². The van der Waals surface area contributed by atoms with Gasteiger partial charge in [-0.2, -0.15) is 0 Å². The van der Waals surface area contributed by atoms with E-state index in [-0.39, 0.29) is 0 Å². The predicted octanol–water partition coefficient (Wildman–Crippen LogP) is 13.9. The number of anilines is 3. The van der Waals surface area contributed by atoms with Crippen LogP contribution in [0.2, 0.25) is 0 Å². The van der Waals surface area contributed by atoms with Gasteiger partial charge in [0.2, 0.25) is 0 Å². The van der Waals surface area contributed by atoms with Gasteiger partial charge in [0.05, 0.1) is 16.1 Å². The second kappa shape index (κ2) is 11.2. The molecule has 0 saturated carbocycles. The van der Waals surface area contributed by atoms with Gasteiger partial charge in [-0.1, -0.05) is 127 Å². The molecule has 49 heavy (non-hydrogen) atoms. The van der Waals surface area contributed by atoms with Gasteiger partial charge in [-0.3, -0.25) is 0 Å². The molecule has 0 amide bonds. The number of hydrogen-bond donors (Lipinski definition) is 0. The molecule has 2 aromatic heterocycles. The second-order valence-corrected chi connectivity index (χ2v) is 13.6. The van der Waals surface area contributed by atoms with Crippen LogP contribution in [0.15, 0.2) is 180 Å². The molecule has 0 saturated heterocycles. The van der Waals surface area contributed by atoms with Crippen LogP contribution in [0.4, 0.5) is 17.1 Å². The molecule has 0 atom stereocenters. The molecule has 0 aliphatic heterocycles. The van der Waals surface area contributed by atoms with Crippen LogP contribution in [0.25, 0.3) is 75.1 Å². The van der Waals surface area contributed by atoms with Crippen LogP contribution in [-0.4, -0.2) is 0 Å². The molecule has 0 N–H and O–H groups in total.